The molecule has 0 spiro atoms. The van der Waals surface area contributed by atoms with Crippen molar-refractivity contribution in [3.63, 3.8) is 0 Å². The maximum absolute atomic E-state index is 12.6. The van der Waals surface area contributed by atoms with Crippen LogP contribution in [0.3, 0.4) is 0 Å². The SMILES string of the molecule is Cc1cc(C(F)(F)F)ccc1C(C)CCNC1CC1. The molecular formula is C15H20F3N. The maximum atomic E-state index is 12.6. The third kappa shape index (κ3) is 3.96. The van der Waals surface area contributed by atoms with Crippen molar-refractivity contribution >= 4 is 0 Å². The molecule has 0 heterocycles. The zero-order chi connectivity index (χ0) is 14.0. The summed E-state index contributed by atoms with van der Waals surface area (Å²) in [6, 6.07) is 4.74. The first kappa shape index (κ1) is 14.4. The van der Waals surface area contributed by atoms with Gasteiger partial charge in [-0.05, 0) is 61.9 Å². The highest BCUT2D eigenvalue weighted by molar-refractivity contribution is 5.34. The van der Waals surface area contributed by atoms with Crippen molar-refractivity contribution < 1.29 is 13.2 Å². The number of nitrogens with one attached hydrogen (secondary N) is 1. The Morgan fingerprint density at radius 2 is 2.00 bits per heavy atom. The van der Waals surface area contributed by atoms with Gasteiger partial charge in [0.1, 0.15) is 0 Å². The summed E-state index contributed by atoms with van der Waals surface area (Å²) in [6.45, 7) is 4.77. The number of halogens is 3. The van der Waals surface area contributed by atoms with E-state index in [0.29, 0.717) is 6.04 Å². The van der Waals surface area contributed by atoms with E-state index in [9.17, 15) is 13.2 Å². The minimum absolute atomic E-state index is 0.286. The van der Waals surface area contributed by atoms with Gasteiger partial charge in [-0.2, -0.15) is 13.2 Å². The van der Waals surface area contributed by atoms with Crippen molar-refractivity contribution in [2.45, 2.75) is 51.2 Å². The van der Waals surface area contributed by atoms with Crippen LogP contribution < -0.4 is 5.32 Å². The monoisotopic (exact) mass is 271 g/mol. The van der Waals surface area contributed by atoms with Crippen molar-refractivity contribution in [1.82, 2.24) is 5.32 Å². The molecule has 1 fully saturated rings. The van der Waals surface area contributed by atoms with Crippen LogP contribution in [0.15, 0.2) is 18.2 Å². The molecule has 1 unspecified atom stereocenters. The number of hydrogen-bond donors (Lipinski definition) is 1. The van der Waals surface area contributed by atoms with E-state index < -0.39 is 11.7 Å². The fourth-order valence-corrected chi connectivity index (χ4v) is 2.35. The average molecular weight is 271 g/mol. The van der Waals surface area contributed by atoms with Crippen molar-refractivity contribution in [3.8, 4) is 0 Å². The van der Waals surface area contributed by atoms with Crippen LogP contribution >= 0.6 is 0 Å². The fourth-order valence-electron chi connectivity index (χ4n) is 2.35. The minimum atomic E-state index is -4.25. The minimum Gasteiger partial charge on any atom is -0.314 e. The highest BCUT2D eigenvalue weighted by Gasteiger charge is 2.30. The van der Waals surface area contributed by atoms with E-state index in [1.54, 1.807) is 13.0 Å². The van der Waals surface area contributed by atoms with Gasteiger partial charge in [-0.15, -0.1) is 0 Å². The molecule has 1 aromatic carbocycles. The summed E-state index contributed by atoms with van der Waals surface area (Å²) in [6.07, 6.45) is -0.774. The molecule has 1 nitrogen and oxygen atoms in total. The quantitative estimate of drug-likeness (QED) is 0.843. The Kier molecular flexibility index (Phi) is 4.19. The van der Waals surface area contributed by atoms with Gasteiger partial charge in [0, 0.05) is 6.04 Å². The zero-order valence-electron chi connectivity index (χ0n) is 11.3. The van der Waals surface area contributed by atoms with Crippen LogP contribution in [0, 0.1) is 6.92 Å². The first-order valence-corrected chi connectivity index (χ1v) is 6.79. The van der Waals surface area contributed by atoms with Crippen molar-refractivity contribution in [3.05, 3.63) is 34.9 Å². The normalized spacial score (nSPS) is 17.5. The Morgan fingerprint density at radius 3 is 2.53 bits per heavy atom. The summed E-state index contributed by atoms with van der Waals surface area (Å²) in [4.78, 5) is 0. The van der Waals surface area contributed by atoms with Gasteiger partial charge in [-0.1, -0.05) is 13.0 Å². The van der Waals surface area contributed by atoms with Gasteiger partial charge in [-0.3, -0.25) is 0 Å². The molecule has 1 saturated carbocycles. The molecule has 0 aromatic heterocycles. The van der Waals surface area contributed by atoms with Gasteiger partial charge in [0.15, 0.2) is 0 Å². The topological polar surface area (TPSA) is 12.0 Å². The van der Waals surface area contributed by atoms with Crippen LogP contribution in [0.25, 0.3) is 0 Å². The molecular weight excluding hydrogens is 251 g/mol. The lowest BCUT2D eigenvalue weighted by Gasteiger charge is -2.17. The average Bonchev–Trinajstić information content (AvgIpc) is 3.11. The molecule has 1 atom stereocenters. The van der Waals surface area contributed by atoms with Gasteiger partial charge in [0.25, 0.3) is 0 Å². The number of aryl methyl sites for hydroxylation is 1. The van der Waals surface area contributed by atoms with Gasteiger partial charge in [-0.25, -0.2) is 0 Å². The number of hydrogen-bond acceptors (Lipinski definition) is 1. The summed E-state index contributed by atoms with van der Waals surface area (Å²) >= 11 is 0. The third-order valence-corrected chi connectivity index (χ3v) is 3.72. The lowest BCUT2D eigenvalue weighted by Crippen LogP contribution is -2.19. The van der Waals surface area contributed by atoms with Crippen LogP contribution in [0.4, 0.5) is 13.2 Å². The second-order valence-corrected chi connectivity index (χ2v) is 5.49. The lowest BCUT2D eigenvalue weighted by molar-refractivity contribution is -0.137. The predicted molar refractivity (Wildman–Crippen MR) is 70.2 cm³/mol. The predicted octanol–water partition coefficient (Wildman–Crippen LogP) is 4.26. The second kappa shape index (κ2) is 5.53. The summed E-state index contributed by atoms with van der Waals surface area (Å²) in [5.74, 6) is 0.286. The summed E-state index contributed by atoms with van der Waals surface area (Å²) in [5.41, 5.74) is 1.19. The molecule has 1 aliphatic rings. The Morgan fingerprint density at radius 1 is 1.32 bits per heavy atom. The molecule has 1 aromatic rings. The zero-order valence-corrected chi connectivity index (χ0v) is 11.3. The summed E-state index contributed by atoms with van der Waals surface area (Å²) in [5, 5.41) is 3.43. The number of benzene rings is 1. The van der Waals surface area contributed by atoms with E-state index in [2.05, 4.69) is 12.2 Å². The van der Waals surface area contributed by atoms with Gasteiger partial charge >= 0.3 is 6.18 Å². The maximum Gasteiger partial charge on any atom is 0.416 e. The molecule has 0 saturated heterocycles. The lowest BCUT2D eigenvalue weighted by atomic mass is 9.92. The number of alkyl halides is 3. The van der Waals surface area contributed by atoms with Gasteiger partial charge < -0.3 is 5.32 Å². The highest BCUT2D eigenvalue weighted by atomic mass is 19.4. The first-order valence-electron chi connectivity index (χ1n) is 6.79. The fraction of sp³-hybridized carbons (Fsp3) is 0.600. The van der Waals surface area contributed by atoms with Crippen molar-refractivity contribution in [1.29, 1.82) is 0 Å². The van der Waals surface area contributed by atoms with Gasteiger partial charge in [0.2, 0.25) is 0 Å². The summed E-state index contributed by atoms with van der Waals surface area (Å²) in [7, 11) is 0. The van der Waals surface area contributed by atoms with E-state index in [0.717, 1.165) is 24.1 Å². The van der Waals surface area contributed by atoms with Crippen LogP contribution in [0.2, 0.25) is 0 Å². The largest absolute Gasteiger partial charge is 0.416 e. The Labute approximate surface area is 112 Å². The molecule has 2 rings (SSSR count). The van der Waals surface area contributed by atoms with E-state index in [1.165, 1.54) is 25.0 Å². The first-order chi connectivity index (χ1) is 8.88. The van der Waals surface area contributed by atoms with Crippen LogP contribution in [-0.4, -0.2) is 12.6 Å². The van der Waals surface area contributed by atoms with E-state index >= 15 is 0 Å². The Bertz CT molecular complexity index is 436. The Balaban J connectivity index is 1.98. The van der Waals surface area contributed by atoms with Gasteiger partial charge in [0.05, 0.1) is 5.56 Å². The van der Waals surface area contributed by atoms with Crippen LogP contribution in [0.5, 0.6) is 0 Å². The van der Waals surface area contributed by atoms with Crippen molar-refractivity contribution in [2.75, 3.05) is 6.54 Å². The number of rotatable bonds is 5. The summed E-state index contributed by atoms with van der Waals surface area (Å²) < 4.78 is 37.8. The van der Waals surface area contributed by atoms with E-state index in [4.69, 9.17) is 0 Å². The molecule has 0 radical (unpaired) electrons. The molecule has 106 valence electrons. The standard InChI is InChI=1S/C15H20F3N/c1-10(7-8-19-13-4-5-13)14-6-3-12(9-11(14)2)15(16,17)18/h3,6,9-10,13,19H,4-5,7-8H2,1-2H3. The molecule has 0 amide bonds. The third-order valence-electron chi connectivity index (χ3n) is 3.72. The van der Waals surface area contributed by atoms with E-state index in [1.807, 2.05) is 0 Å². The smallest absolute Gasteiger partial charge is 0.314 e. The van der Waals surface area contributed by atoms with Crippen LogP contribution in [-0.2, 0) is 6.18 Å². The molecule has 0 aliphatic heterocycles. The molecule has 1 N–H and O–H groups in total. The Hall–Kier alpha value is -1.03. The molecule has 4 heteroatoms. The molecule has 19 heavy (non-hydrogen) atoms. The van der Waals surface area contributed by atoms with E-state index in [-0.39, 0.29) is 5.92 Å². The van der Waals surface area contributed by atoms with Crippen molar-refractivity contribution in [2.24, 2.45) is 0 Å². The molecule has 1 aliphatic carbocycles. The molecule has 0 bridgehead atoms. The second-order valence-electron chi connectivity index (χ2n) is 5.49. The highest BCUT2D eigenvalue weighted by Crippen LogP contribution is 2.32. The van der Waals surface area contributed by atoms with Crippen LogP contribution in [0.1, 0.15) is 48.8 Å².